The lowest BCUT2D eigenvalue weighted by atomic mass is 9.98. The number of rotatable bonds is 5. The maximum Gasteiger partial charge on any atom is 0.191 e. The minimum Gasteiger partial charge on any atom is -0.299 e. The van der Waals surface area contributed by atoms with Crippen LogP contribution in [-0.2, 0) is 17.6 Å². The molecule has 0 bridgehead atoms. The molecule has 7 nitrogen and oxygen atoms in total. The first-order valence-electron chi connectivity index (χ1n) is 8.88. The Morgan fingerprint density at radius 3 is 2.79 bits per heavy atom. The van der Waals surface area contributed by atoms with E-state index >= 15 is 0 Å². The highest BCUT2D eigenvalue weighted by molar-refractivity contribution is 6.29. The summed E-state index contributed by atoms with van der Waals surface area (Å²) >= 11 is 6.00. The van der Waals surface area contributed by atoms with Gasteiger partial charge in [0.25, 0.3) is 0 Å². The zero-order chi connectivity index (χ0) is 20.0. The van der Waals surface area contributed by atoms with Crippen LogP contribution in [0.5, 0.6) is 0 Å². The minimum atomic E-state index is -0.497. The molecule has 0 unspecified atom stereocenters. The first-order chi connectivity index (χ1) is 13.3. The number of pyridine rings is 1. The van der Waals surface area contributed by atoms with Crippen molar-refractivity contribution in [1.29, 1.82) is 0 Å². The smallest absolute Gasteiger partial charge is 0.191 e. The summed E-state index contributed by atoms with van der Waals surface area (Å²) in [5.74, 6) is 0.0392. The summed E-state index contributed by atoms with van der Waals surface area (Å²) in [6.45, 7) is 5.73. The lowest BCUT2D eigenvalue weighted by Gasteiger charge is -2.13. The Hall–Kier alpha value is -2.87. The van der Waals surface area contributed by atoms with Gasteiger partial charge in [-0.15, -0.1) is 0 Å². The van der Waals surface area contributed by atoms with Crippen molar-refractivity contribution in [1.82, 2.24) is 29.2 Å². The number of fused-ring (bicyclic) bond motifs is 2. The fraction of sp³-hybridized carbons (Fsp3) is 0.316. The van der Waals surface area contributed by atoms with Crippen LogP contribution in [0, 0.1) is 12.7 Å². The summed E-state index contributed by atoms with van der Waals surface area (Å²) in [6.07, 6.45) is 3.57. The second-order valence-corrected chi connectivity index (χ2v) is 7.46. The molecule has 0 N–H and O–H groups in total. The third-order valence-electron chi connectivity index (χ3n) is 4.46. The number of nitrogens with zero attached hydrogens (tertiary/aromatic N) is 6. The minimum absolute atomic E-state index is 0.0584. The van der Waals surface area contributed by atoms with Gasteiger partial charge in [0.05, 0.1) is 5.69 Å². The summed E-state index contributed by atoms with van der Waals surface area (Å²) < 4.78 is 17.3. The molecule has 0 saturated heterocycles. The van der Waals surface area contributed by atoms with Gasteiger partial charge in [0.1, 0.15) is 11.6 Å². The molecule has 0 aliphatic rings. The van der Waals surface area contributed by atoms with Gasteiger partial charge in [-0.05, 0) is 30.0 Å². The number of halogens is 2. The molecule has 0 fully saturated rings. The molecule has 28 heavy (non-hydrogen) atoms. The van der Waals surface area contributed by atoms with Gasteiger partial charge in [-0.2, -0.15) is 10.2 Å². The Balaban J connectivity index is 1.63. The first kappa shape index (κ1) is 18.5. The molecule has 0 aliphatic carbocycles. The molecule has 4 heterocycles. The maximum atomic E-state index is 14.2. The fourth-order valence-electron chi connectivity index (χ4n) is 3.41. The average Bonchev–Trinajstić information content (AvgIpc) is 3.15. The van der Waals surface area contributed by atoms with Gasteiger partial charge in [0.15, 0.2) is 22.3 Å². The van der Waals surface area contributed by atoms with E-state index in [1.807, 2.05) is 13.8 Å². The molecule has 0 aromatic carbocycles. The van der Waals surface area contributed by atoms with Crippen molar-refractivity contribution >= 4 is 28.7 Å². The molecular formula is C19H18ClFN6O. The van der Waals surface area contributed by atoms with E-state index in [9.17, 15) is 9.18 Å². The van der Waals surface area contributed by atoms with Crippen LogP contribution >= 0.6 is 11.6 Å². The number of aryl methyl sites for hydroxylation is 1. The highest BCUT2D eigenvalue weighted by atomic mass is 35.5. The number of carbonyl (C=O) groups excluding carboxylic acids is 1. The van der Waals surface area contributed by atoms with Gasteiger partial charge < -0.3 is 0 Å². The molecule has 4 aromatic heterocycles. The van der Waals surface area contributed by atoms with Crippen LogP contribution in [0.15, 0.2) is 24.5 Å². The number of carbonyl (C=O) groups is 1. The van der Waals surface area contributed by atoms with Gasteiger partial charge in [0.2, 0.25) is 0 Å². The summed E-state index contributed by atoms with van der Waals surface area (Å²) in [4.78, 5) is 21.1. The van der Waals surface area contributed by atoms with Gasteiger partial charge >= 0.3 is 0 Å². The van der Waals surface area contributed by atoms with E-state index in [0.29, 0.717) is 22.2 Å². The quantitative estimate of drug-likeness (QED) is 0.513. The van der Waals surface area contributed by atoms with Crippen LogP contribution in [0.1, 0.15) is 42.4 Å². The van der Waals surface area contributed by atoms with Crippen LogP contribution < -0.4 is 0 Å². The van der Waals surface area contributed by atoms with Crippen molar-refractivity contribution in [2.24, 2.45) is 0 Å². The van der Waals surface area contributed by atoms with E-state index < -0.39 is 5.82 Å². The molecule has 0 aliphatic heterocycles. The van der Waals surface area contributed by atoms with E-state index in [2.05, 4.69) is 20.2 Å². The zero-order valence-electron chi connectivity index (χ0n) is 15.6. The Morgan fingerprint density at radius 2 is 2.04 bits per heavy atom. The predicted molar refractivity (Wildman–Crippen MR) is 102 cm³/mol. The molecular weight excluding hydrogens is 383 g/mol. The molecule has 144 valence electrons. The van der Waals surface area contributed by atoms with Crippen molar-refractivity contribution in [2.45, 2.75) is 39.5 Å². The SMILES string of the molecule is Cc1nc2c(F)cc(CC(=O)Cc3cnc4cc(Cl)nn4c3C(C)C)cn2n1. The summed E-state index contributed by atoms with van der Waals surface area (Å²) in [7, 11) is 0. The molecule has 0 spiro atoms. The van der Waals surface area contributed by atoms with Gasteiger partial charge in [0, 0.05) is 31.3 Å². The lowest BCUT2D eigenvalue weighted by molar-refractivity contribution is -0.117. The van der Waals surface area contributed by atoms with Crippen LogP contribution in [0.4, 0.5) is 4.39 Å². The van der Waals surface area contributed by atoms with E-state index in [4.69, 9.17) is 11.6 Å². The fourth-order valence-corrected chi connectivity index (χ4v) is 3.59. The first-order valence-corrected chi connectivity index (χ1v) is 9.25. The predicted octanol–water partition coefficient (Wildman–Crippen LogP) is 3.35. The van der Waals surface area contributed by atoms with Gasteiger partial charge in [-0.25, -0.2) is 23.4 Å². The number of hydrogen-bond donors (Lipinski definition) is 0. The second kappa shape index (κ2) is 6.94. The summed E-state index contributed by atoms with van der Waals surface area (Å²) in [6, 6.07) is 3.01. The molecule has 0 amide bonds. The van der Waals surface area contributed by atoms with Crippen LogP contribution in [0.2, 0.25) is 5.15 Å². The Morgan fingerprint density at radius 1 is 1.25 bits per heavy atom. The van der Waals surface area contributed by atoms with Crippen molar-refractivity contribution in [3.8, 4) is 0 Å². The maximum absolute atomic E-state index is 14.2. The standard InChI is InChI=1S/C19H18ClFN6O/c1-10(2)18-13(8-22-17-7-16(20)25-27(17)18)6-14(28)4-12-5-15(21)19-23-11(3)24-26(19)9-12/h5,7-10H,4,6H2,1-3H3. The Kier molecular flexibility index (Phi) is 4.58. The Labute approximate surface area is 165 Å². The van der Waals surface area contributed by atoms with E-state index in [1.54, 1.807) is 29.9 Å². The highest BCUT2D eigenvalue weighted by Crippen LogP contribution is 2.23. The topological polar surface area (TPSA) is 77.5 Å². The largest absolute Gasteiger partial charge is 0.299 e. The van der Waals surface area contributed by atoms with Crippen molar-refractivity contribution < 1.29 is 9.18 Å². The van der Waals surface area contributed by atoms with Crippen LogP contribution in [0.25, 0.3) is 11.3 Å². The molecule has 4 rings (SSSR count). The van der Waals surface area contributed by atoms with E-state index in [1.165, 1.54) is 10.6 Å². The normalized spacial score (nSPS) is 11.8. The lowest BCUT2D eigenvalue weighted by Crippen LogP contribution is -2.14. The molecule has 0 atom stereocenters. The third-order valence-corrected chi connectivity index (χ3v) is 4.64. The number of aromatic nitrogens is 6. The zero-order valence-corrected chi connectivity index (χ0v) is 16.4. The number of hydrogen-bond acceptors (Lipinski definition) is 5. The monoisotopic (exact) mass is 400 g/mol. The van der Waals surface area contributed by atoms with E-state index in [-0.39, 0.29) is 30.2 Å². The van der Waals surface area contributed by atoms with Crippen molar-refractivity contribution in [3.63, 3.8) is 0 Å². The number of Topliss-reactive ketones (excluding diaryl/α,β-unsaturated/α-hetero) is 1. The third kappa shape index (κ3) is 3.35. The second-order valence-electron chi connectivity index (χ2n) is 7.08. The van der Waals surface area contributed by atoms with Gasteiger partial charge in [-0.3, -0.25) is 4.79 Å². The van der Waals surface area contributed by atoms with Crippen molar-refractivity contribution in [3.05, 3.63) is 58.1 Å². The van der Waals surface area contributed by atoms with Crippen LogP contribution in [-0.4, -0.2) is 35.0 Å². The van der Waals surface area contributed by atoms with E-state index in [0.717, 1.165) is 11.3 Å². The Bertz CT molecular complexity index is 1210. The van der Waals surface area contributed by atoms with Crippen molar-refractivity contribution in [2.75, 3.05) is 0 Å². The molecule has 9 heteroatoms. The van der Waals surface area contributed by atoms with Gasteiger partial charge in [-0.1, -0.05) is 25.4 Å². The molecule has 0 saturated carbocycles. The van der Waals surface area contributed by atoms with Crippen LogP contribution in [0.3, 0.4) is 0 Å². The summed E-state index contributed by atoms with van der Waals surface area (Å²) in [5.41, 5.74) is 3.01. The summed E-state index contributed by atoms with van der Waals surface area (Å²) in [5, 5.41) is 8.75. The average molecular weight is 401 g/mol. The molecule has 0 radical (unpaired) electrons. The highest BCUT2D eigenvalue weighted by Gasteiger charge is 2.18. The molecule has 4 aromatic rings. The number of ketones is 1.